The normalized spacial score (nSPS) is 11.2. The fraction of sp³-hybridized carbons (Fsp3) is 0.238. The van der Waals surface area contributed by atoms with E-state index >= 15 is 0 Å². The first-order valence-corrected chi connectivity index (χ1v) is 11.1. The predicted octanol–water partition coefficient (Wildman–Crippen LogP) is 2.83. The van der Waals surface area contributed by atoms with E-state index in [0.717, 1.165) is 5.56 Å². The molecule has 31 heavy (non-hydrogen) atoms. The molecular formula is C21H24N6O3S. The number of rotatable bonds is 9. The molecule has 0 atom stereocenters. The van der Waals surface area contributed by atoms with Crippen LogP contribution in [0.1, 0.15) is 28.7 Å². The van der Waals surface area contributed by atoms with Gasteiger partial charge in [-0.3, -0.25) is 4.79 Å². The van der Waals surface area contributed by atoms with Gasteiger partial charge in [-0.2, -0.15) is 0 Å². The van der Waals surface area contributed by atoms with Crippen molar-refractivity contribution >= 4 is 33.3 Å². The number of hydrogen-bond acceptors (Lipinski definition) is 8. The van der Waals surface area contributed by atoms with Crippen LogP contribution in [0, 0.1) is 13.8 Å². The molecule has 0 aliphatic heterocycles. The highest BCUT2D eigenvalue weighted by molar-refractivity contribution is 7.89. The standard InChI is InChI=1S/C21H24N6O3S/c1-14-8-9-22-19(12-14)27-21-13-20(25-16(3)26-21)23-10-11-24-31(29,30)18-6-4-17(5-7-18)15(2)28/h4-9,12-13,24H,10-11H2,1-3H3,(H2,22,23,25,26,27). The molecule has 162 valence electrons. The molecule has 2 aromatic heterocycles. The molecule has 0 bridgehead atoms. The maximum atomic E-state index is 12.4. The molecule has 3 rings (SSSR count). The van der Waals surface area contributed by atoms with E-state index in [-0.39, 0.29) is 17.2 Å². The van der Waals surface area contributed by atoms with Crippen molar-refractivity contribution in [1.82, 2.24) is 19.7 Å². The summed E-state index contributed by atoms with van der Waals surface area (Å²) in [5, 5.41) is 6.22. The van der Waals surface area contributed by atoms with Gasteiger partial charge in [0.1, 0.15) is 23.3 Å². The van der Waals surface area contributed by atoms with Crippen LogP contribution in [0.3, 0.4) is 0 Å². The van der Waals surface area contributed by atoms with E-state index in [9.17, 15) is 13.2 Å². The first kappa shape index (κ1) is 22.3. The minimum absolute atomic E-state index is 0.104. The van der Waals surface area contributed by atoms with Crippen LogP contribution in [0.4, 0.5) is 17.5 Å². The number of pyridine rings is 1. The Bertz CT molecular complexity index is 1180. The van der Waals surface area contributed by atoms with Gasteiger partial charge in [0.25, 0.3) is 0 Å². The zero-order valence-corrected chi connectivity index (χ0v) is 18.3. The van der Waals surface area contributed by atoms with Gasteiger partial charge in [0, 0.05) is 30.9 Å². The molecule has 0 aliphatic rings. The van der Waals surface area contributed by atoms with E-state index in [0.29, 0.717) is 35.4 Å². The Morgan fingerprint density at radius 1 is 0.935 bits per heavy atom. The summed E-state index contributed by atoms with van der Waals surface area (Å²) in [6.07, 6.45) is 1.71. The number of ketones is 1. The number of nitrogens with one attached hydrogen (secondary N) is 3. The number of carbonyl (C=O) groups is 1. The smallest absolute Gasteiger partial charge is 0.240 e. The molecule has 0 aliphatic carbocycles. The second kappa shape index (κ2) is 9.63. The minimum Gasteiger partial charge on any atom is -0.369 e. The summed E-state index contributed by atoms with van der Waals surface area (Å²) < 4.78 is 27.3. The number of hydrogen-bond donors (Lipinski definition) is 3. The fourth-order valence-corrected chi connectivity index (χ4v) is 3.82. The highest BCUT2D eigenvalue weighted by Gasteiger charge is 2.13. The summed E-state index contributed by atoms with van der Waals surface area (Å²) in [6, 6.07) is 11.4. The largest absolute Gasteiger partial charge is 0.369 e. The number of aromatic nitrogens is 3. The van der Waals surface area contributed by atoms with Crippen LogP contribution in [-0.4, -0.2) is 42.2 Å². The third-order valence-electron chi connectivity index (χ3n) is 4.30. The lowest BCUT2D eigenvalue weighted by Crippen LogP contribution is -2.29. The third kappa shape index (κ3) is 6.30. The average molecular weight is 441 g/mol. The topological polar surface area (TPSA) is 126 Å². The number of sulfonamides is 1. The first-order chi connectivity index (χ1) is 14.7. The summed E-state index contributed by atoms with van der Waals surface area (Å²) in [6.45, 7) is 5.66. The molecule has 0 fully saturated rings. The van der Waals surface area contributed by atoms with Gasteiger partial charge in [0.15, 0.2) is 5.78 Å². The zero-order valence-electron chi connectivity index (χ0n) is 17.5. The molecule has 0 radical (unpaired) electrons. The van der Waals surface area contributed by atoms with Crippen molar-refractivity contribution in [2.45, 2.75) is 25.7 Å². The molecule has 10 heteroatoms. The van der Waals surface area contributed by atoms with Gasteiger partial charge in [0.2, 0.25) is 10.0 Å². The van der Waals surface area contributed by atoms with E-state index in [1.807, 2.05) is 19.1 Å². The third-order valence-corrected chi connectivity index (χ3v) is 5.78. The predicted molar refractivity (Wildman–Crippen MR) is 119 cm³/mol. The number of Topliss-reactive ketones (excluding diaryl/α,β-unsaturated/α-hetero) is 1. The number of anilines is 3. The highest BCUT2D eigenvalue weighted by atomic mass is 32.2. The molecule has 3 aromatic rings. The van der Waals surface area contributed by atoms with Crippen molar-refractivity contribution in [1.29, 1.82) is 0 Å². The molecule has 9 nitrogen and oxygen atoms in total. The molecule has 0 saturated carbocycles. The molecular weight excluding hydrogens is 416 g/mol. The van der Waals surface area contributed by atoms with Crippen molar-refractivity contribution in [3.63, 3.8) is 0 Å². The van der Waals surface area contributed by atoms with Crippen molar-refractivity contribution in [2.75, 3.05) is 23.7 Å². The maximum absolute atomic E-state index is 12.4. The van der Waals surface area contributed by atoms with Crippen molar-refractivity contribution < 1.29 is 13.2 Å². The Morgan fingerprint density at radius 3 is 2.32 bits per heavy atom. The molecule has 0 amide bonds. The maximum Gasteiger partial charge on any atom is 0.240 e. The van der Waals surface area contributed by atoms with E-state index in [4.69, 9.17) is 0 Å². The molecule has 1 aromatic carbocycles. The van der Waals surface area contributed by atoms with Crippen LogP contribution in [0.15, 0.2) is 53.6 Å². The van der Waals surface area contributed by atoms with Gasteiger partial charge in [-0.05, 0) is 50.6 Å². The lowest BCUT2D eigenvalue weighted by Gasteiger charge is -2.11. The lowest BCUT2D eigenvalue weighted by atomic mass is 10.2. The number of carbonyl (C=O) groups excluding carboxylic acids is 1. The Labute approximate surface area is 181 Å². The Hall–Kier alpha value is -3.37. The van der Waals surface area contributed by atoms with Gasteiger partial charge in [0.05, 0.1) is 4.90 Å². The SMILES string of the molecule is CC(=O)c1ccc(S(=O)(=O)NCCNc2cc(Nc3cc(C)ccn3)nc(C)n2)cc1. The Balaban J connectivity index is 1.57. The highest BCUT2D eigenvalue weighted by Crippen LogP contribution is 2.16. The first-order valence-electron chi connectivity index (χ1n) is 9.63. The Morgan fingerprint density at radius 2 is 1.65 bits per heavy atom. The van der Waals surface area contributed by atoms with Crippen LogP contribution in [0.25, 0.3) is 0 Å². The van der Waals surface area contributed by atoms with Crippen LogP contribution in [0.5, 0.6) is 0 Å². The lowest BCUT2D eigenvalue weighted by molar-refractivity contribution is 0.101. The summed E-state index contributed by atoms with van der Waals surface area (Å²) in [5.41, 5.74) is 1.54. The van der Waals surface area contributed by atoms with E-state index in [1.165, 1.54) is 31.2 Å². The van der Waals surface area contributed by atoms with E-state index in [1.54, 1.807) is 19.2 Å². The number of benzene rings is 1. The monoisotopic (exact) mass is 440 g/mol. The van der Waals surface area contributed by atoms with Crippen molar-refractivity contribution in [3.8, 4) is 0 Å². The number of aryl methyl sites for hydroxylation is 2. The zero-order chi connectivity index (χ0) is 22.4. The van der Waals surface area contributed by atoms with Gasteiger partial charge >= 0.3 is 0 Å². The molecule has 0 spiro atoms. The summed E-state index contributed by atoms with van der Waals surface area (Å²) in [7, 11) is -3.67. The molecule has 0 unspecified atom stereocenters. The summed E-state index contributed by atoms with van der Waals surface area (Å²) in [4.78, 5) is 24.4. The Kier molecular flexibility index (Phi) is 6.93. The van der Waals surface area contributed by atoms with Crippen LogP contribution in [-0.2, 0) is 10.0 Å². The van der Waals surface area contributed by atoms with Crippen LogP contribution >= 0.6 is 0 Å². The summed E-state index contributed by atoms with van der Waals surface area (Å²) in [5.74, 6) is 2.26. The second-order valence-electron chi connectivity index (χ2n) is 6.93. The average Bonchev–Trinajstić information content (AvgIpc) is 2.71. The number of nitrogens with zero attached hydrogens (tertiary/aromatic N) is 3. The quantitative estimate of drug-likeness (QED) is 0.343. The van der Waals surface area contributed by atoms with E-state index < -0.39 is 10.0 Å². The van der Waals surface area contributed by atoms with Gasteiger partial charge < -0.3 is 10.6 Å². The fourth-order valence-electron chi connectivity index (χ4n) is 2.79. The minimum atomic E-state index is -3.67. The van der Waals surface area contributed by atoms with Gasteiger partial charge in [-0.1, -0.05) is 12.1 Å². The van der Waals surface area contributed by atoms with Gasteiger partial charge in [-0.15, -0.1) is 0 Å². The van der Waals surface area contributed by atoms with E-state index in [2.05, 4.69) is 30.3 Å². The molecule has 2 heterocycles. The summed E-state index contributed by atoms with van der Waals surface area (Å²) >= 11 is 0. The molecule has 3 N–H and O–H groups in total. The van der Waals surface area contributed by atoms with Crippen molar-refractivity contribution in [3.05, 3.63) is 65.6 Å². The van der Waals surface area contributed by atoms with Crippen LogP contribution in [0.2, 0.25) is 0 Å². The van der Waals surface area contributed by atoms with Gasteiger partial charge in [-0.25, -0.2) is 28.1 Å². The molecule has 0 saturated heterocycles. The van der Waals surface area contributed by atoms with Crippen LogP contribution < -0.4 is 15.4 Å². The second-order valence-corrected chi connectivity index (χ2v) is 8.70. The van der Waals surface area contributed by atoms with Crippen molar-refractivity contribution in [2.24, 2.45) is 0 Å².